The molecule has 2 aliphatic rings. The molecule has 0 saturated carbocycles. The van der Waals surface area contributed by atoms with Crippen LogP contribution in [0.4, 0.5) is 0 Å². The smallest absolute Gasteiger partial charge is 0.304 e. The third-order valence-corrected chi connectivity index (χ3v) is 10.0. The number of hydrogen-bond donors (Lipinski definition) is 1. The summed E-state index contributed by atoms with van der Waals surface area (Å²) in [5.41, 5.74) is 7.07. The lowest BCUT2D eigenvalue weighted by molar-refractivity contribution is -0.137. The van der Waals surface area contributed by atoms with Crippen LogP contribution in [0.25, 0.3) is 11.1 Å². The van der Waals surface area contributed by atoms with Crippen LogP contribution in [0.1, 0.15) is 60.8 Å². The van der Waals surface area contributed by atoms with Gasteiger partial charge < -0.3 is 19.3 Å². The fourth-order valence-electron chi connectivity index (χ4n) is 5.85. The Hall–Kier alpha value is -3.36. The van der Waals surface area contributed by atoms with Gasteiger partial charge in [-0.3, -0.25) is 4.79 Å². The fourth-order valence-corrected chi connectivity index (χ4v) is 7.44. The molecule has 0 bridgehead atoms. The second-order valence-corrected chi connectivity index (χ2v) is 13.7. The van der Waals surface area contributed by atoms with Crippen molar-refractivity contribution < 1.29 is 32.5 Å². The van der Waals surface area contributed by atoms with E-state index in [4.69, 9.17) is 14.2 Å². The maximum atomic E-state index is 11.7. The van der Waals surface area contributed by atoms with E-state index in [1.165, 1.54) is 22.3 Å². The highest BCUT2D eigenvalue weighted by Crippen LogP contribution is 2.36. The predicted octanol–water partition coefficient (Wildman–Crippen LogP) is 6.22. The van der Waals surface area contributed by atoms with Crippen molar-refractivity contribution in [1.29, 1.82) is 0 Å². The van der Waals surface area contributed by atoms with Crippen molar-refractivity contribution in [3.63, 3.8) is 0 Å². The summed E-state index contributed by atoms with van der Waals surface area (Å²) >= 11 is 0. The van der Waals surface area contributed by atoms with E-state index in [0.29, 0.717) is 39.3 Å². The van der Waals surface area contributed by atoms with Gasteiger partial charge in [0.05, 0.1) is 31.1 Å². The minimum absolute atomic E-state index is 0.0252. The summed E-state index contributed by atoms with van der Waals surface area (Å²) in [6.07, 6.45) is 4.44. The molecule has 224 valence electrons. The molecule has 5 rings (SSSR count). The van der Waals surface area contributed by atoms with Crippen LogP contribution in [0.3, 0.4) is 0 Å². The topological polar surface area (TPSA) is 99.1 Å². The van der Waals surface area contributed by atoms with E-state index < -0.39 is 15.8 Å². The highest BCUT2D eigenvalue weighted by molar-refractivity contribution is 7.91. The summed E-state index contributed by atoms with van der Waals surface area (Å²) in [5.74, 6) is 1.36. The molecule has 1 aliphatic carbocycles. The molecule has 8 heteroatoms. The largest absolute Gasteiger partial charge is 0.493 e. The molecule has 7 nitrogen and oxygen atoms in total. The van der Waals surface area contributed by atoms with E-state index in [0.717, 1.165) is 41.9 Å². The Kier molecular flexibility index (Phi) is 9.85. The van der Waals surface area contributed by atoms with Crippen LogP contribution in [0.5, 0.6) is 11.5 Å². The van der Waals surface area contributed by atoms with E-state index in [1.807, 2.05) is 37.3 Å². The average molecular weight is 593 g/mol. The monoisotopic (exact) mass is 592 g/mol. The maximum Gasteiger partial charge on any atom is 0.304 e. The number of ether oxygens (including phenoxy) is 3. The third kappa shape index (κ3) is 7.92. The first-order chi connectivity index (χ1) is 20.3. The van der Waals surface area contributed by atoms with E-state index in [-0.39, 0.29) is 29.8 Å². The molecule has 1 heterocycles. The minimum Gasteiger partial charge on any atom is -0.493 e. The van der Waals surface area contributed by atoms with Crippen LogP contribution >= 0.6 is 0 Å². The Labute approximate surface area is 248 Å². The van der Waals surface area contributed by atoms with E-state index >= 15 is 0 Å². The van der Waals surface area contributed by atoms with Gasteiger partial charge in [-0.15, -0.1) is 0 Å². The first-order valence-electron chi connectivity index (χ1n) is 14.9. The van der Waals surface area contributed by atoms with Crippen molar-refractivity contribution in [3.05, 3.63) is 82.9 Å². The Bertz CT molecular complexity index is 1470. The molecule has 0 spiro atoms. The van der Waals surface area contributed by atoms with Crippen molar-refractivity contribution in [2.24, 2.45) is 5.92 Å². The van der Waals surface area contributed by atoms with Crippen molar-refractivity contribution in [2.75, 3.05) is 31.3 Å². The minimum atomic E-state index is -2.87. The van der Waals surface area contributed by atoms with Gasteiger partial charge in [-0.25, -0.2) is 8.42 Å². The summed E-state index contributed by atoms with van der Waals surface area (Å²) in [6, 6.07) is 20.5. The molecular formula is C34H40O7S. The number of hydrogen-bond acceptors (Lipinski definition) is 6. The van der Waals surface area contributed by atoms with Gasteiger partial charge in [0.2, 0.25) is 0 Å². The average Bonchev–Trinajstić information content (AvgIpc) is 3.16. The summed E-state index contributed by atoms with van der Waals surface area (Å²) in [6.45, 7) is 3.81. The molecule has 0 radical (unpaired) electrons. The number of sulfone groups is 1. The SMILES string of the molecule is CCOC[C@@H](CC(=O)O)c1ccc(OCc2ccc3c(c2)-c2ccc(OCC4CCS(=O)(=O)CC4)cc2CCC3)cc1. The van der Waals surface area contributed by atoms with Crippen molar-refractivity contribution >= 4 is 15.8 Å². The van der Waals surface area contributed by atoms with Crippen LogP contribution in [-0.2, 0) is 38.8 Å². The molecule has 3 aromatic rings. The lowest BCUT2D eigenvalue weighted by Gasteiger charge is -2.22. The molecule has 1 fully saturated rings. The highest BCUT2D eigenvalue weighted by Gasteiger charge is 2.24. The third-order valence-electron chi connectivity index (χ3n) is 8.29. The van der Waals surface area contributed by atoms with Crippen LogP contribution in [0.2, 0.25) is 0 Å². The summed E-state index contributed by atoms with van der Waals surface area (Å²) in [5, 5.41) is 9.27. The van der Waals surface area contributed by atoms with Gasteiger partial charge in [0, 0.05) is 12.5 Å². The lowest BCUT2D eigenvalue weighted by atomic mass is 9.94. The Morgan fingerprint density at radius 3 is 2.38 bits per heavy atom. The van der Waals surface area contributed by atoms with Gasteiger partial charge in [-0.2, -0.15) is 0 Å². The zero-order chi connectivity index (χ0) is 29.5. The number of benzene rings is 3. The van der Waals surface area contributed by atoms with Crippen LogP contribution in [-0.4, -0.2) is 50.8 Å². The zero-order valence-corrected chi connectivity index (χ0v) is 25.0. The Morgan fingerprint density at radius 2 is 1.64 bits per heavy atom. The first kappa shape index (κ1) is 30.1. The molecule has 1 atom stereocenters. The Morgan fingerprint density at radius 1 is 0.905 bits per heavy atom. The molecule has 42 heavy (non-hydrogen) atoms. The van der Waals surface area contributed by atoms with Gasteiger partial charge in [0.25, 0.3) is 0 Å². The van der Waals surface area contributed by atoms with Gasteiger partial charge in [-0.1, -0.05) is 30.3 Å². The number of carbonyl (C=O) groups is 1. The van der Waals surface area contributed by atoms with E-state index in [2.05, 4.69) is 30.3 Å². The number of carboxylic acid groups (broad SMARTS) is 1. The predicted molar refractivity (Wildman–Crippen MR) is 163 cm³/mol. The molecule has 1 N–H and O–H groups in total. The summed E-state index contributed by atoms with van der Waals surface area (Å²) in [7, 11) is -2.87. The quantitative estimate of drug-likeness (QED) is 0.267. The number of aryl methyl sites for hydroxylation is 2. The van der Waals surface area contributed by atoms with Gasteiger partial charge in [0.1, 0.15) is 27.9 Å². The standard InChI is InChI=1S/C34H40O7S/c1-2-39-23-29(20-34(35)36)26-8-10-30(11-9-26)40-22-25-6-7-27-4-3-5-28-19-31(12-13-32(28)33(27)18-25)41-21-24-14-16-42(37,38)17-15-24/h6-13,18-19,24,29H,2-5,14-17,20-23H2,1H3,(H,35,36)/t29-/m1/s1. The van der Waals surface area contributed by atoms with Crippen molar-refractivity contribution in [2.45, 2.75) is 58.0 Å². The van der Waals surface area contributed by atoms with Gasteiger partial charge in [0.15, 0.2) is 0 Å². The number of carboxylic acids is 1. The normalized spacial score (nSPS) is 17.0. The van der Waals surface area contributed by atoms with Crippen LogP contribution in [0, 0.1) is 5.92 Å². The second-order valence-electron chi connectivity index (χ2n) is 11.4. The van der Waals surface area contributed by atoms with Crippen molar-refractivity contribution in [3.8, 4) is 22.6 Å². The first-order valence-corrected chi connectivity index (χ1v) is 16.7. The van der Waals surface area contributed by atoms with Crippen LogP contribution < -0.4 is 9.47 Å². The molecule has 1 saturated heterocycles. The van der Waals surface area contributed by atoms with E-state index in [9.17, 15) is 18.3 Å². The molecule has 3 aromatic carbocycles. The molecule has 0 unspecified atom stereocenters. The molecule has 0 aromatic heterocycles. The van der Waals surface area contributed by atoms with Crippen LogP contribution in [0.15, 0.2) is 60.7 Å². The number of fused-ring (bicyclic) bond motifs is 3. The molecule has 1 aliphatic heterocycles. The molecule has 0 amide bonds. The summed E-state index contributed by atoms with van der Waals surface area (Å²) in [4.78, 5) is 11.3. The second kappa shape index (κ2) is 13.7. The zero-order valence-electron chi connectivity index (χ0n) is 24.2. The Balaban J connectivity index is 1.23. The number of rotatable bonds is 12. The maximum absolute atomic E-state index is 11.7. The molecular weight excluding hydrogens is 552 g/mol. The fraction of sp³-hybridized carbons (Fsp3) is 0.441. The highest BCUT2D eigenvalue weighted by atomic mass is 32.2. The van der Waals surface area contributed by atoms with E-state index in [1.54, 1.807) is 0 Å². The lowest BCUT2D eigenvalue weighted by Crippen LogP contribution is -2.26. The van der Waals surface area contributed by atoms with Gasteiger partial charge >= 0.3 is 5.97 Å². The van der Waals surface area contributed by atoms with Gasteiger partial charge in [-0.05, 0) is 109 Å². The van der Waals surface area contributed by atoms with Crippen molar-refractivity contribution in [1.82, 2.24) is 0 Å². The summed E-state index contributed by atoms with van der Waals surface area (Å²) < 4.78 is 41.2. The number of aliphatic carboxylic acids is 1.